The Labute approximate surface area is 134 Å². The van der Waals surface area contributed by atoms with Crippen LogP contribution in [0.15, 0.2) is 22.9 Å². The summed E-state index contributed by atoms with van der Waals surface area (Å²) in [5, 5.41) is 17.4. The average molecular weight is 339 g/mol. The van der Waals surface area contributed by atoms with Crippen LogP contribution in [0.5, 0.6) is 0 Å². The third kappa shape index (κ3) is 3.89. The number of carbonyl (C=O) groups is 3. The molecule has 2 rings (SSSR count). The van der Waals surface area contributed by atoms with Gasteiger partial charge in [-0.05, 0) is 17.9 Å². The van der Waals surface area contributed by atoms with Gasteiger partial charge in [0.05, 0.1) is 4.88 Å². The van der Waals surface area contributed by atoms with E-state index in [9.17, 15) is 14.4 Å². The number of amides is 2. The molecule has 0 aliphatic carbocycles. The molecule has 0 aromatic carbocycles. The number of thiophene rings is 1. The summed E-state index contributed by atoms with van der Waals surface area (Å²) in [7, 11) is 0. The Kier molecular flexibility index (Phi) is 5.23. The van der Waals surface area contributed by atoms with Crippen LogP contribution < -0.4 is 10.6 Å². The van der Waals surface area contributed by atoms with Crippen molar-refractivity contribution in [2.75, 3.05) is 5.32 Å². The van der Waals surface area contributed by atoms with E-state index in [1.54, 1.807) is 24.4 Å². The Morgan fingerprint density at radius 3 is 2.68 bits per heavy atom. The number of anilines is 1. The highest BCUT2D eigenvalue weighted by Gasteiger charge is 2.20. The molecule has 116 valence electrons. The summed E-state index contributed by atoms with van der Waals surface area (Å²) in [6.07, 6.45) is 0.271. The van der Waals surface area contributed by atoms with E-state index in [0.29, 0.717) is 4.88 Å². The quantitative estimate of drug-likeness (QED) is 0.746. The van der Waals surface area contributed by atoms with Crippen molar-refractivity contribution in [3.63, 3.8) is 0 Å². The van der Waals surface area contributed by atoms with E-state index < -0.39 is 17.9 Å². The van der Waals surface area contributed by atoms with Gasteiger partial charge in [-0.15, -0.1) is 22.7 Å². The van der Waals surface area contributed by atoms with Gasteiger partial charge in [-0.3, -0.25) is 14.9 Å². The zero-order valence-electron chi connectivity index (χ0n) is 11.5. The highest BCUT2D eigenvalue weighted by atomic mass is 32.1. The molecule has 1 atom stereocenters. The summed E-state index contributed by atoms with van der Waals surface area (Å²) in [5.74, 6) is -1.98. The van der Waals surface area contributed by atoms with E-state index in [1.807, 2.05) is 0 Å². The maximum atomic E-state index is 11.9. The van der Waals surface area contributed by atoms with Crippen LogP contribution in [-0.4, -0.2) is 33.9 Å². The molecule has 2 aromatic rings. The van der Waals surface area contributed by atoms with Crippen molar-refractivity contribution < 1.29 is 19.5 Å². The normalized spacial score (nSPS) is 11.7. The number of aliphatic carboxylic acids is 1. The minimum atomic E-state index is -1.10. The number of carbonyl (C=O) groups excluding carboxylic acids is 2. The second kappa shape index (κ2) is 7.14. The van der Waals surface area contributed by atoms with Gasteiger partial charge in [-0.2, -0.15) is 0 Å². The summed E-state index contributed by atoms with van der Waals surface area (Å²) >= 11 is 2.40. The molecule has 1 unspecified atom stereocenters. The lowest BCUT2D eigenvalue weighted by molar-refractivity contribution is -0.139. The van der Waals surface area contributed by atoms with Crippen molar-refractivity contribution in [2.45, 2.75) is 19.4 Å². The van der Waals surface area contributed by atoms with Crippen LogP contribution in [0.1, 0.15) is 33.5 Å². The fourth-order valence-electron chi connectivity index (χ4n) is 1.57. The van der Waals surface area contributed by atoms with Gasteiger partial charge in [-0.25, -0.2) is 9.78 Å². The first-order chi connectivity index (χ1) is 10.5. The molecule has 7 nitrogen and oxygen atoms in total. The molecule has 0 spiro atoms. The van der Waals surface area contributed by atoms with Gasteiger partial charge in [0.1, 0.15) is 11.7 Å². The number of rotatable bonds is 6. The zero-order valence-corrected chi connectivity index (χ0v) is 13.2. The molecule has 0 aliphatic heterocycles. The highest BCUT2D eigenvalue weighted by molar-refractivity contribution is 7.14. The van der Waals surface area contributed by atoms with Gasteiger partial charge in [-0.1, -0.05) is 13.0 Å². The lowest BCUT2D eigenvalue weighted by Crippen LogP contribution is -2.40. The maximum Gasteiger partial charge on any atom is 0.326 e. The molecular weight excluding hydrogens is 326 g/mol. The predicted octanol–water partition coefficient (Wildman–Crippen LogP) is 2.05. The van der Waals surface area contributed by atoms with E-state index in [1.165, 1.54) is 16.7 Å². The number of aromatic nitrogens is 1. The Hall–Kier alpha value is -2.26. The minimum absolute atomic E-state index is 0.0752. The second-order valence-corrected chi connectivity index (χ2v) is 6.05. The average Bonchev–Trinajstić information content (AvgIpc) is 3.15. The summed E-state index contributed by atoms with van der Waals surface area (Å²) in [6, 6.07) is 2.48. The first kappa shape index (κ1) is 16.1. The standard InChI is InChI=1S/C13H13N3O4S2/c1-2-7(12(19)20)14-10(17)8-6-22-13(15-8)16-11(18)9-4-3-5-21-9/h3-7H,2H2,1H3,(H,14,17)(H,19,20)(H,15,16,18). The molecule has 2 aromatic heterocycles. The Morgan fingerprint density at radius 1 is 1.32 bits per heavy atom. The molecule has 9 heteroatoms. The molecule has 0 bridgehead atoms. The molecule has 0 radical (unpaired) electrons. The van der Waals surface area contributed by atoms with Gasteiger partial charge < -0.3 is 10.4 Å². The summed E-state index contributed by atoms with van der Waals surface area (Å²) in [4.78, 5) is 39.2. The minimum Gasteiger partial charge on any atom is -0.480 e. The SMILES string of the molecule is CCC(NC(=O)c1csc(NC(=O)c2cccs2)n1)C(=O)O. The van der Waals surface area contributed by atoms with Crippen LogP contribution in [0.25, 0.3) is 0 Å². The van der Waals surface area contributed by atoms with Crippen LogP contribution in [0.3, 0.4) is 0 Å². The maximum absolute atomic E-state index is 11.9. The molecule has 0 fully saturated rings. The topological polar surface area (TPSA) is 108 Å². The molecule has 3 N–H and O–H groups in total. The van der Waals surface area contributed by atoms with Gasteiger partial charge in [0.25, 0.3) is 11.8 Å². The van der Waals surface area contributed by atoms with Crippen LogP contribution in [0.2, 0.25) is 0 Å². The van der Waals surface area contributed by atoms with Crippen LogP contribution in [0.4, 0.5) is 5.13 Å². The molecule has 2 heterocycles. The van der Waals surface area contributed by atoms with Gasteiger partial charge in [0, 0.05) is 5.38 Å². The zero-order chi connectivity index (χ0) is 16.1. The molecule has 22 heavy (non-hydrogen) atoms. The van der Waals surface area contributed by atoms with Crippen LogP contribution in [0, 0.1) is 0 Å². The van der Waals surface area contributed by atoms with Gasteiger partial charge in [0.2, 0.25) is 0 Å². The summed E-state index contributed by atoms with van der Waals surface area (Å²) in [6.45, 7) is 1.66. The van der Waals surface area contributed by atoms with E-state index in [2.05, 4.69) is 15.6 Å². The number of thiazole rings is 1. The fraction of sp³-hybridized carbons (Fsp3) is 0.231. The van der Waals surface area contributed by atoms with Crippen molar-refractivity contribution in [3.05, 3.63) is 33.5 Å². The monoisotopic (exact) mass is 339 g/mol. The number of carboxylic acids is 1. The highest BCUT2D eigenvalue weighted by Crippen LogP contribution is 2.18. The largest absolute Gasteiger partial charge is 0.480 e. The summed E-state index contributed by atoms with van der Waals surface area (Å²) < 4.78 is 0. The first-order valence-corrected chi connectivity index (χ1v) is 8.11. The number of nitrogens with one attached hydrogen (secondary N) is 2. The van der Waals surface area contributed by atoms with Crippen molar-refractivity contribution in [1.82, 2.24) is 10.3 Å². The molecular formula is C13H13N3O4S2. The van der Waals surface area contributed by atoms with Crippen molar-refractivity contribution in [1.29, 1.82) is 0 Å². The van der Waals surface area contributed by atoms with Crippen molar-refractivity contribution in [3.8, 4) is 0 Å². The van der Waals surface area contributed by atoms with Crippen molar-refractivity contribution in [2.24, 2.45) is 0 Å². The van der Waals surface area contributed by atoms with Gasteiger partial charge >= 0.3 is 5.97 Å². The number of hydrogen-bond acceptors (Lipinski definition) is 6. The van der Waals surface area contributed by atoms with E-state index >= 15 is 0 Å². The molecule has 0 saturated carbocycles. The molecule has 0 aliphatic rings. The number of nitrogens with zero attached hydrogens (tertiary/aromatic N) is 1. The first-order valence-electron chi connectivity index (χ1n) is 6.35. The fourth-order valence-corrected chi connectivity index (χ4v) is 2.88. The Balaban J connectivity index is 2.00. The lowest BCUT2D eigenvalue weighted by Gasteiger charge is -2.10. The van der Waals surface area contributed by atoms with Crippen LogP contribution >= 0.6 is 22.7 Å². The van der Waals surface area contributed by atoms with Crippen LogP contribution in [-0.2, 0) is 4.79 Å². The Morgan fingerprint density at radius 2 is 2.09 bits per heavy atom. The third-order valence-electron chi connectivity index (χ3n) is 2.71. The number of carboxylic acid groups (broad SMARTS) is 1. The van der Waals surface area contributed by atoms with E-state index in [0.717, 1.165) is 11.3 Å². The van der Waals surface area contributed by atoms with Crippen molar-refractivity contribution >= 4 is 45.6 Å². The summed E-state index contributed by atoms with van der Waals surface area (Å²) in [5.41, 5.74) is 0.0752. The van der Waals surface area contributed by atoms with E-state index in [-0.39, 0.29) is 23.2 Å². The molecule has 2 amide bonds. The molecule has 0 saturated heterocycles. The third-order valence-corrected chi connectivity index (χ3v) is 4.34. The van der Waals surface area contributed by atoms with Gasteiger partial charge in [0.15, 0.2) is 5.13 Å². The predicted molar refractivity (Wildman–Crippen MR) is 83.6 cm³/mol. The lowest BCUT2D eigenvalue weighted by atomic mass is 10.2. The number of hydrogen-bond donors (Lipinski definition) is 3. The van der Waals surface area contributed by atoms with E-state index in [4.69, 9.17) is 5.11 Å². The Bertz CT molecular complexity index is 681. The second-order valence-electron chi connectivity index (χ2n) is 4.24. The smallest absolute Gasteiger partial charge is 0.326 e.